The average Bonchev–Trinajstić information content (AvgIpc) is 3.26. The summed E-state index contributed by atoms with van der Waals surface area (Å²) >= 11 is 1.21. The maximum Gasteiger partial charge on any atom is 0.257 e. The Morgan fingerprint density at radius 1 is 1.03 bits per heavy atom. The van der Waals surface area contributed by atoms with E-state index < -0.39 is 17.5 Å². The molecule has 0 bridgehead atoms. The van der Waals surface area contributed by atoms with E-state index in [2.05, 4.69) is 10.3 Å². The summed E-state index contributed by atoms with van der Waals surface area (Å²) in [7, 11) is 0. The zero-order chi connectivity index (χ0) is 24.1. The molecular weight excluding hydrogens is 460 g/mol. The molecule has 3 N–H and O–H groups in total. The second kappa shape index (κ2) is 10.2. The van der Waals surface area contributed by atoms with Gasteiger partial charge in [0.1, 0.15) is 24.0 Å². The summed E-state index contributed by atoms with van der Waals surface area (Å²) in [6.45, 7) is 0.135. The lowest BCUT2D eigenvalue weighted by molar-refractivity contribution is 0.0994. The van der Waals surface area contributed by atoms with Crippen LogP contribution in [0.1, 0.15) is 36.7 Å². The third-order valence-corrected chi connectivity index (χ3v) is 5.80. The molecule has 3 aromatic carbocycles. The number of carbonyl (C=O) groups is 2. The number of amides is 2. The standard InChI is InChI=1S/C25H19F2N3O3S/c26-18-9-8-16(21(27)12-18)11-19-13-29-25(34-19)30-24(32)17-5-3-4-15(10-17)14-33-22-7-2-1-6-20(22)23(28)31/h1-10,12-13H,11,14H2,(H2,28,31)(H,29,30,32). The summed E-state index contributed by atoms with van der Waals surface area (Å²) in [6.07, 6.45) is 1.78. The number of aromatic nitrogens is 1. The van der Waals surface area contributed by atoms with Crippen molar-refractivity contribution in [3.8, 4) is 5.75 Å². The lowest BCUT2D eigenvalue weighted by atomic mass is 10.1. The van der Waals surface area contributed by atoms with Crippen LogP contribution in [0.15, 0.2) is 72.9 Å². The molecule has 1 aromatic heterocycles. The Balaban J connectivity index is 1.40. The van der Waals surface area contributed by atoms with Crippen LogP contribution in [0.2, 0.25) is 0 Å². The number of benzene rings is 3. The number of primary amides is 1. The maximum atomic E-state index is 13.9. The van der Waals surface area contributed by atoms with E-state index in [0.717, 1.165) is 16.5 Å². The Morgan fingerprint density at radius 3 is 2.65 bits per heavy atom. The van der Waals surface area contributed by atoms with E-state index in [1.807, 2.05) is 0 Å². The molecule has 0 radical (unpaired) electrons. The molecule has 0 aliphatic heterocycles. The van der Waals surface area contributed by atoms with Gasteiger partial charge in [-0.3, -0.25) is 14.9 Å². The van der Waals surface area contributed by atoms with E-state index in [-0.39, 0.29) is 24.5 Å². The first-order valence-electron chi connectivity index (χ1n) is 10.2. The summed E-state index contributed by atoms with van der Waals surface area (Å²) in [5, 5.41) is 3.09. The minimum absolute atomic E-state index is 0.135. The molecule has 0 saturated carbocycles. The summed E-state index contributed by atoms with van der Waals surface area (Å²) < 4.78 is 32.7. The molecule has 4 rings (SSSR count). The van der Waals surface area contributed by atoms with Crippen molar-refractivity contribution in [1.29, 1.82) is 0 Å². The van der Waals surface area contributed by atoms with E-state index in [9.17, 15) is 18.4 Å². The lowest BCUT2D eigenvalue weighted by Crippen LogP contribution is -2.13. The summed E-state index contributed by atoms with van der Waals surface area (Å²) in [6, 6.07) is 16.9. The molecule has 0 fully saturated rings. The first-order chi connectivity index (χ1) is 16.4. The summed E-state index contributed by atoms with van der Waals surface area (Å²) in [4.78, 5) is 29.1. The molecule has 0 aliphatic rings. The van der Waals surface area contributed by atoms with Gasteiger partial charge in [0.15, 0.2) is 5.13 Å². The number of carbonyl (C=O) groups excluding carboxylic acids is 2. The third kappa shape index (κ3) is 5.62. The molecule has 4 aromatic rings. The van der Waals surface area contributed by atoms with E-state index >= 15 is 0 Å². The van der Waals surface area contributed by atoms with Crippen molar-refractivity contribution in [2.24, 2.45) is 5.73 Å². The van der Waals surface area contributed by atoms with Gasteiger partial charge in [0.25, 0.3) is 11.8 Å². The molecule has 34 heavy (non-hydrogen) atoms. The maximum absolute atomic E-state index is 13.9. The van der Waals surface area contributed by atoms with Crippen LogP contribution in [-0.2, 0) is 13.0 Å². The Hall–Kier alpha value is -4.11. The smallest absolute Gasteiger partial charge is 0.257 e. The van der Waals surface area contributed by atoms with Crippen LogP contribution in [0.3, 0.4) is 0 Å². The van der Waals surface area contributed by atoms with Crippen molar-refractivity contribution in [3.63, 3.8) is 0 Å². The first kappa shape index (κ1) is 23.1. The number of para-hydroxylation sites is 1. The predicted molar refractivity (Wildman–Crippen MR) is 125 cm³/mol. The van der Waals surface area contributed by atoms with Crippen LogP contribution in [0, 0.1) is 11.6 Å². The van der Waals surface area contributed by atoms with Gasteiger partial charge >= 0.3 is 0 Å². The van der Waals surface area contributed by atoms with Gasteiger partial charge in [0, 0.05) is 29.1 Å². The van der Waals surface area contributed by atoms with Crippen LogP contribution in [0.25, 0.3) is 0 Å². The van der Waals surface area contributed by atoms with Crippen LogP contribution in [0.4, 0.5) is 13.9 Å². The van der Waals surface area contributed by atoms with E-state index in [1.54, 1.807) is 54.7 Å². The highest BCUT2D eigenvalue weighted by Crippen LogP contribution is 2.24. The molecule has 9 heteroatoms. The number of nitrogens with two attached hydrogens (primary N) is 1. The highest BCUT2D eigenvalue weighted by atomic mass is 32.1. The molecule has 0 atom stereocenters. The quantitative estimate of drug-likeness (QED) is 0.374. The molecule has 0 aliphatic carbocycles. The van der Waals surface area contributed by atoms with Crippen LogP contribution in [0.5, 0.6) is 5.75 Å². The average molecular weight is 480 g/mol. The van der Waals surface area contributed by atoms with Crippen LogP contribution < -0.4 is 15.8 Å². The second-order valence-electron chi connectivity index (χ2n) is 7.35. The summed E-state index contributed by atoms with van der Waals surface area (Å²) in [5.41, 5.74) is 7.10. The lowest BCUT2D eigenvalue weighted by Gasteiger charge is -2.10. The van der Waals surface area contributed by atoms with Crippen LogP contribution >= 0.6 is 11.3 Å². The van der Waals surface area contributed by atoms with Gasteiger partial charge in [0.05, 0.1) is 5.56 Å². The number of rotatable bonds is 8. The van der Waals surface area contributed by atoms with Gasteiger partial charge in [-0.2, -0.15) is 0 Å². The molecule has 0 saturated heterocycles. The molecular formula is C25H19F2N3O3S. The molecule has 1 heterocycles. The van der Waals surface area contributed by atoms with Gasteiger partial charge in [-0.25, -0.2) is 13.8 Å². The molecule has 2 amide bonds. The van der Waals surface area contributed by atoms with Gasteiger partial charge in [-0.15, -0.1) is 11.3 Å². The SMILES string of the molecule is NC(=O)c1ccccc1OCc1cccc(C(=O)Nc2ncc(Cc3ccc(F)cc3F)s2)c1. The first-order valence-corrected chi connectivity index (χ1v) is 11.0. The number of halogens is 2. The van der Waals surface area contributed by atoms with Crippen molar-refractivity contribution in [1.82, 2.24) is 4.98 Å². The third-order valence-electron chi connectivity index (χ3n) is 4.89. The molecule has 0 spiro atoms. The highest BCUT2D eigenvalue weighted by Gasteiger charge is 2.13. The van der Waals surface area contributed by atoms with E-state index in [1.165, 1.54) is 23.5 Å². The number of thiazole rings is 1. The van der Waals surface area contributed by atoms with Gasteiger partial charge in [-0.1, -0.05) is 30.3 Å². The number of anilines is 1. The zero-order valence-electron chi connectivity index (χ0n) is 17.8. The Labute approximate surface area is 198 Å². The highest BCUT2D eigenvalue weighted by molar-refractivity contribution is 7.15. The van der Waals surface area contributed by atoms with Gasteiger partial charge in [-0.05, 0) is 41.5 Å². The zero-order valence-corrected chi connectivity index (χ0v) is 18.6. The van der Waals surface area contributed by atoms with Crippen molar-refractivity contribution in [3.05, 3.63) is 112 Å². The number of nitrogens with zero attached hydrogens (tertiary/aromatic N) is 1. The van der Waals surface area contributed by atoms with E-state index in [4.69, 9.17) is 10.5 Å². The van der Waals surface area contributed by atoms with E-state index in [0.29, 0.717) is 22.0 Å². The van der Waals surface area contributed by atoms with Crippen LogP contribution in [-0.4, -0.2) is 16.8 Å². The van der Waals surface area contributed by atoms with Gasteiger partial charge < -0.3 is 10.5 Å². The van der Waals surface area contributed by atoms with Crippen molar-refractivity contribution in [2.75, 3.05) is 5.32 Å². The normalized spacial score (nSPS) is 10.6. The minimum atomic E-state index is -0.636. The summed E-state index contributed by atoms with van der Waals surface area (Å²) in [5.74, 6) is -1.86. The molecule has 6 nitrogen and oxygen atoms in total. The molecule has 172 valence electrons. The van der Waals surface area contributed by atoms with Gasteiger partial charge in [0.2, 0.25) is 0 Å². The number of hydrogen-bond donors (Lipinski definition) is 2. The second-order valence-corrected chi connectivity index (χ2v) is 8.46. The largest absolute Gasteiger partial charge is 0.488 e. The minimum Gasteiger partial charge on any atom is -0.488 e. The number of nitrogens with one attached hydrogen (secondary N) is 1. The number of hydrogen-bond acceptors (Lipinski definition) is 5. The van der Waals surface area contributed by atoms with Crippen molar-refractivity contribution < 1.29 is 23.1 Å². The fourth-order valence-corrected chi connectivity index (χ4v) is 4.06. The monoisotopic (exact) mass is 479 g/mol. The fourth-order valence-electron chi connectivity index (χ4n) is 3.23. The Bertz CT molecular complexity index is 1360. The Kier molecular flexibility index (Phi) is 6.93. The molecule has 0 unspecified atom stereocenters. The number of ether oxygens (including phenoxy) is 1. The Morgan fingerprint density at radius 2 is 1.85 bits per heavy atom. The predicted octanol–water partition coefficient (Wildman–Crippen LogP) is 4.94. The van der Waals surface area contributed by atoms with Crippen molar-refractivity contribution in [2.45, 2.75) is 13.0 Å². The fraction of sp³-hybridized carbons (Fsp3) is 0.0800. The van der Waals surface area contributed by atoms with Crippen molar-refractivity contribution >= 4 is 28.3 Å². The topological polar surface area (TPSA) is 94.3 Å².